The van der Waals surface area contributed by atoms with E-state index in [1.807, 2.05) is 0 Å². The Balaban J connectivity index is 2.91. The predicted octanol–water partition coefficient (Wildman–Crippen LogP) is 1.78. The van der Waals surface area contributed by atoms with Gasteiger partial charge in [-0.05, 0) is 6.07 Å². The maximum Gasteiger partial charge on any atom is 0.272 e. The molecular formula is C9H7FN2O2. The van der Waals surface area contributed by atoms with Gasteiger partial charge < -0.3 is 5.32 Å². The van der Waals surface area contributed by atoms with Crippen LogP contribution in [0.2, 0.25) is 0 Å². The third-order valence-corrected chi connectivity index (χ3v) is 1.54. The van der Waals surface area contributed by atoms with Crippen molar-refractivity contribution in [2.75, 3.05) is 11.9 Å². The van der Waals surface area contributed by atoms with Crippen LogP contribution in [0.5, 0.6) is 0 Å². The lowest BCUT2D eigenvalue weighted by atomic mass is 10.2. The molecule has 1 aromatic carbocycles. The van der Waals surface area contributed by atoms with Crippen LogP contribution in [0.3, 0.4) is 0 Å². The van der Waals surface area contributed by atoms with Gasteiger partial charge in [0.1, 0.15) is 0 Å². The average molecular weight is 194 g/mol. The summed E-state index contributed by atoms with van der Waals surface area (Å²) in [6.07, 6.45) is 4.96. The number of rotatable bonds is 3. The second-order valence-electron chi connectivity index (χ2n) is 2.48. The van der Waals surface area contributed by atoms with Crippen LogP contribution in [-0.4, -0.2) is 11.5 Å². The van der Waals surface area contributed by atoms with Crippen LogP contribution in [0, 0.1) is 28.3 Å². The van der Waals surface area contributed by atoms with Crippen molar-refractivity contribution in [3.63, 3.8) is 0 Å². The highest BCUT2D eigenvalue weighted by atomic mass is 19.1. The van der Waals surface area contributed by atoms with E-state index in [0.717, 1.165) is 6.07 Å². The summed E-state index contributed by atoms with van der Waals surface area (Å²) in [5, 5.41) is 12.9. The predicted molar refractivity (Wildman–Crippen MR) is 50.4 cm³/mol. The number of nitrogens with zero attached hydrogens (tertiary/aromatic N) is 1. The standard InChI is InChI=1S/C9H7FN2O2/c1-2-5-11-9-4-3-7(12(13)14)6-8(9)10/h1,3-4,6,11H,5H2. The molecule has 1 rings (SSSR count). The zero-order valence-electron chi connectivity index (χ0n) is 7.16. The van der Waals surface area contributed by atoms with Crippen molar-refractivity contribution in [3.05, 3.63) is 34.1 Å². The van der Waals surface area contributed by atoms with E-state index in [1.165, 1.54) is 12.1 Å². The Bertz CT molecular complexity index is 398. The number of hydrogen-bond acceptors (Lipinski definition) is 3. The highest BCUT2D eigenvalue weighted by Gasteiger charge is 2.09. The maximum atomic E-state index is 13.1. The minimum atomic E-state index is -0.686. The summed E-state index contributed by atoms with van der Waals surface area (Å²) in [7, 11) is 0. The van der Waals surface area contributed by atoms with E-state index in [1.54, 1.807) is 0 Å². The summed E-state index contributed by atoms with van der Waals surface area (Å²) in [4.78, 5) is 9.61. The van der Waals surface area contributed by atoms with Gasteiger partial charge in [0.25, 0.3) is 5.69 Å². The Morgan fingerprint density at radius 2 is 2.36 bits per heavy atom. The molecule has 0 unspecified atom stereocenters. The number of hydrogen-bond donors (Lipinski definition) is 1. The van der Waals surface area contributed by atoms with E-state index in [4.69, 9.17) is 6.42 Å². The number of terminal acetylenes is 1. The lowest BCUT2D eigenvalue weighted by Gasteiger charge is -2.02. The highest BCUT2D eigenvalue weighted by molar-refractivity contribution is 5.50. The van der Waals surface area contributed by atoms with Gasteiger partial charge in [0.2, 0.25) is 0 Å². The molecule has 0 aliphatic heterocycles. The van der Waals surface area contributed by atoms with E-state index in [2.05, 4.69) is 11.2 Å². The smallest absolute Gasteiger partial charge is 0.272 e. The SMILES string of the molecule is C#CCNc1ccc([N+](=O)[O-])cc1F. The Labute approximate surface area is 79.9 Å². The molecular weight excluding hydrogens is 187 g/mol. The van der Waals surface area contributed by atoms with Crippen LogP contribution >= 0.6 is 0 Å². The Morgan fingerprint density at radius 3 is 2.86 bits per heavy atom. The largest absolute Gasteiger partial charge is 0.372 e. The van der Waals surface area contributed by atoms with Crippen LogP contribution in [-0.2, 0) is 0 Å². The van der Waals surface area contributed by atoms with Gasteiger partial charge in [-0.1, -0.05) is 5.92 Å². The van der Waals surface area contributed by atoms with Crippen molar-refractivity contribution < 1.29 is 9.31 Å². The van der Waals surface area contributed by atoms with Crippen molar-refractivity contribution in [1.29, 1.82) is 0 Å². The summed E-state index contributed by atoms with van der Waals surface area (Å²) in [5.41, 5.74) is -0.123. The molecule has 5 heteroatoms. The van der Waals surface area contributed by atoms with E-state index in [0.29, 0.717) is 0 Å². The van der Waals surface area contributed by atoms with Crippen LogP contribution in [0.15, 0.2) is 18.2 Å². The zero-order valence-corrected chi connectivity index (χ0v) is 7.16. The van der Waals surface area contributed by atoms with Gasteiger partial charge in [-0.3, -0.25) is 10.1 Å². The van der Waals surface area contributed by atoms with Crippen molar-refractivity contribution >= 4 is 11.4 Å². The second kappa shape index (κ2) is 4.23. The van der Waals surface area contributed by atoms with Gasteiger partial charge in [0.15, 0.2) is 5.82 Å². The molecule has 0 aliphatic carbocycles. The molecule has 0 heterocycles. The van der Waals surface area contributed by atoms with Crippen LogP contribution in [0.4, 0.5) is 15.8 Å². The van der Waals surface area contributed by atoms with Crippen LogP contribution < -0.4 is 5.32 Å². The molecule has 0 aromatic heterocycles. The van der Waals surface area contributed by atoms with Crippen LogP contribution in [0.1, 0.15) is 0 Å². The topological polar surface area (TPSA) is 55.2 Å². The molecule has 0 aliphatic rings. The van der Waals surface area contributed by atoms with Gasteiger partial charge in [-0.15, -0.1) is 6.42 Å². The number of benzene rings is 1. The van der Waals surface area contributed by atoms with Gasteiger partial charge in [0.05, 0.1) is 23.2 Å². The van der Waals surface area contributed by atoms with Gasteiger partial charge >= 0.3 is 0 Å². The average Bonchev–Trinajstić information content (AvgIpc) is 2.15. The molecule has 0 amide bonds. The lowest BCUT2D eigenvalue weighted by molar-refractivity contribution is -0.385. The maximum absolute atomic E-state index is 13.1. The number of anilines is 1. The summed E-state index contributed by atoms with van der Waals surface area (Å²) < 4.78 is 13.1. The fourth-order valence-electron chi connectivity index (χ4n) is 0.907. The van der Waals surface area contributed by atoms with Crippen molar-refractivity contribution in [2.45, 2.75) is 0 Å². The Kier molecular flexibility index (Phi) is 3.02. The molecule has 0 fully saturated rings. The first kappa shape index (κ1) is 9.99. The molecule has 0 saturated carbocycles. The molecule has 0 saturated heterocycles. The second-order valence-corrected chi connectivity index (χ2v) is 2.48. The molecule has 14 heavy (non-hydrogen) atoms. The quantitative estimate of drug-likeness (QED) is 0.453. The number of nitrogens with one attached hydrogen (secondary N) is 1. The van der Waals surface area contributed by atoms with Gasteiger partial charge in [-0.2, -0.15) is 0 Å². The zero-order chi connectivity index (χ0) is 10.6. The molecule has 0 spiro atoms. The normalized spacial score (nSPS) is 9.14. The molecule has 72 valence electrons. The number of nitro groups is 1. The monoisotopic (exact) mass is 194 g/mol. The van der Waals surface area contributed by atoms with E-state index in [-0.39, 0.29) is 17.9 Å². The highest BCUT2D eigenvalue weighted by Crippen LogP contribution is 2.19. The third-order valence-electron chi connectivity index (χ3n) is 1.54. The minimum Gasteiger partial charge on any atom is -0.372 e. The van der Waals surface area contributed by atoms with Gasteiger partial charge in [0, 0.05) is 6.07 Å². The number of non-ortho nitro benzene ring substituents is 1. The lowest BCUT2D eigenvalue weighted by Crippen LogP contribution is -2.01. The summed E-state index contributed by atoms with van der Waals surface area (Å²) in [6.45, 7) is 0.175. The van der Waals surface area contributed by atoms with Crippen molar-refractivity contribution in [2.24, 2.45) is 0 Å². The molecule has 1 N–H and O–H groups in total. The molecule has 0 bridgehead atoms. The fraction of sp³-hybridized carbons (Fsp3) is 0.111. The van der Waals surface area contributed by atoms with E-state index in [9.17, 15) is 14.5 Å². The number of nitro benzene ring substituents is 1. The van der Waals surface area contributed by atoms with Crippen LogP contribution in [0.25, 0.3) is 0 Å². The molecule has 4 nitrogen and oxygen atoms in total. The molecule has 0 atom stereocenters. The Hall–Kier alpha value is -2.09. The molecule has 1 aromatic rings. The fourth-order valence-corrected chi connectivity index (χ4v) is 0.907. The Morgan fingerprint density at radius 1 is 1.64 bits per heavy atom. The first-order valence-corrected chi connectivity index (χ1v) is 3.76. The van der Waals surface area contributed by atoms with E-state index < -0.39 is 10.7 Å². The summed E-state index contributed by atoms with van der Waals surface area (Å²) in [6, 6.07) is 3.34. The van der Waals surface area contributed by atoms with Gasteiger partial charge in [-0.25, -0.2) is 4.39 Å². The number of halogens is 1. The first-order valence-electron chi connectivity index (χ1n) is 3.76. The first-order chi connectivity index (χ1) is 6.65. The summed E-state index contributed by atoms with van der Waals surface area (Å²) >= 11 is 0. The summed E-state index contributed by atoms with van der Waals surface area (Å²) in [5.74, 6) is 1.58. The van der Waals surface area contributed by atoms with Crippen molar-refractivity contribution in [3.8, 4) is 12.3 Å². The molecule has 0 radical (unpaired) electrons. The minimum absolute atomic E-state index is 0.161. The van der Waals surface area contributed by atoms with E-state index >= 15 is 0 Å². The third kappa shape index (κ3) is 2.20. The van der Waals surface area contributed by atoms with Crippen molar-refractivity contribution in [1.82, 2.24) is 0 Å².